The van der Waals surface area contributed by atoms with Crippen molar-refractivity contribution in [3.8, 4) is 0 Å². The summed E-state index contributed by atoms with van der Waals surface area (Å²) in [6.45, 7) is 4.97. The van der Waals surface area contributed by atoms with Crippen LogP contribution < -0.4 is 17.0 Å². The first-order chi connectivity index (χ1) is 20.5. The van der Waals surface area contributed by atoms with Gasteiger partial charge in [-0.1, -0.05) is 166 Å². The first kappa shape index (κ1) is 42.1. The zero-order valence-electron chi connectivity index (χ0n) is 29.0. The average molecular weight is 667 g/mol. The lowest BCUT2D eigenvalue weighted by molar-refractivity contribution is -0.890. The van der Waals surface area contributed by atoms with Crippen LogP contribution in [0.3, 0.4) is 0 Å². The minimum absolute atomic E-state index is 0. The number of esters is 1. The Morgan fingerprint density at radius 3 is 1.47 bits per heavy atom. The Morgan fingerprint density at radius 2 is 0.977 bits per heavy atom. The van der Waals surface area contributed by atoms with Crippen LogP contribution in [-0.2, 0) is 16.0 Å². The van der Waals surface area contributed by atoms with E-state index in [0.717, 1.165) is 23.9 Å². The average Bonchev–Trinajstić information content (AvgIpc) is 2.98. The van der Waals surface area contributed by atoms with E-state index < -0.39 is 0 Å². The minimum atomic E-state index is 0. The molecule has 0 amide bonds. The van der Waals surface area contributed by atoms with Crippen molar-refractivity contribution in [2.24, 2.45) is 0 Å². The molecule has 1 aromatic carbocycles. The highest BCUT2D eigenvalue weighted by molar-refractivity contribution is 5.69. The highest BCUT2D eigenvalue weighted by Gasteiger charge is 2.15. The lowest BCUT2D eigenvalue weighted by Crippen LogP contribution is -3.00. The number of nitrogens with zero attached hydrogens (tertiary/aromatic N) is 1. The minimum Gasteiger partial charge on any atom is -1.00 e. The molecule has 0 unspecified atom stereocenters. The highest BCUT2D eigenvalue weighted by Crippen LogP contribution is 2.15. The van der Waals surface area contributed by atoms with Crippen LogP contribution in [0.4, 0.5) is 0 Å². The number of hydrogen-bond acceptors (Lipinski definition) is 2. The number of benzene rings is 1. The molecule has 252 valence electrons. The van der Waals surface area contributed by atoms with E-state index in [-0.39, 0.29) is 23.0 Å². The molecule has 0 aliphatic heterocycles. The number of likely N-dealkylation sites (N-methyl/N-ethyl adjacent to an activating group) is 1. The van der Waals surface area contributed by atoms with Gasteiger partial charge in [-0.15, -0.1) is 0 Å². The van der Waals surface area contributed by atoms with Gasteiger partial charge in [0.1, 0.15) is 13.2 Å². The van der Waals surface area contributed by atoms with Crippen molar-refractivity contribution < 1.29 is 31.0 Å². The fourth-order valence-electron chi connectivity index (χ4n) is 5.98. The van der Waals surface area contributed by atoms with Gasteiger partial charge in [0.15, 0.2) is 0 Å². The summed E-state index contributed by atoms with van der Waals surface area (Å²) in [5, 5.41) is 0. The monoisotopic (exact) mass is 665 g/mol. The molecule has 0 atom stereocenters. The van der Waals surface area contributed by atoms with Crippen molar-refractivity contribution in [1.29, 1.82) is 0 Å². The number of ether oxygens (including phenoxy) is 1. The molecular formula is C39H72BrNO2. The molecule has 1 rings (SSSR count). The molecule has 0 bridgehead atoms. The van der Waals surface area contributed by atoms with Crippen LogP contribution in [0.2, 0.25) is 0 Å². The zero-order chi connectivity index (χ0) is 30.4. The van der Waals surface area contributed by atoms with E-state index in [9.17, 15) is 4.79 Å². The van der Waals surface area contributed by atoms with Crippen molar-refractivity contribution in [2.45, 2.75) is 174 Å². The van der Waals surface area contributed by atoms with E-state index >= 15 is 0 Å². The van der Waals surface area contributed by atoms with Crippen LogP contribution in [0.1, 0.15) is 173 Å². The summed E-state index contributed by atoms with van der Waals surface area (Å²) < 4.78 is 6.52. The van der Waals surface area contributed by atoms with Crippen molar-refractivity contribution in [2.75, 3.05) is 33.8 Å². The van der Waals surface area contributed by atoms with Crippen LogP contribution >= 0.6 is 0 Å². The Kier molecular flexibility index (Phi) is 30.5. The van der Waals surface area contributed by atoms with Gasteiger partial charge in [0.2, 0.25) is 0 Å². The van der Waals surface area contributed by atoms with Gasteiger partial charge in [-0.25, -0.2) is 0 Å². The standard InChI is InChI=1S/C39H72NO2.BrH/c1-4-5-6-7-8-9-10-15-18-21-24-30-35-40(2,3)36-37-42-39(41)34-29-23-20-17-14-12-11-13-16-19-22-26-31-38-32-27-25-28-33-38;/h25,27-28,32-33H,4-24,26,29-31,34-37H2,1-3H3;1H/q+1;/p-1. The Labute approximate surface area is 279 Å². The zero-order valence-corrected chi connectivity index (χ0v) is 30.6. The molecule has 0 fully saturated rings. The lowest BCUT2D eigenvalue weighted by Gasteiger charge is -2.29. The molecule has 0 aliphatic carbocycles. The Morgan fingerprint density at radius 1 is 0.558 bits per heavy atom. The van der Waals surface area contributed by atoms with Crippen molar-refractivity contribution >= 4 is 5.97 Å². The van der Waals surface area contributed by atoms with Crippen LogP contribution in [-0.4, -0.2) is 44.2 Å². The second-order valence-corrected chi connectivity index (χ2v) is 13.7. The van der Waals surface area contributed by atoms with Crippen molar-refractivity contribution in [3.63, 3.8) is 0 Å². The summed E-state index contributed by atoms with van der Waals surface area (Å²) in [4.78, 5) is 12.1. The molecule has 0 aromatic heterocycles. The maximum Gasteiger partial charge on any atom is 0.305 e. The Hall–Kier alpha value is -0.870. The number of unbranched alkanes of at least 4 members (excludes halogenated alkanes) is 22. The molecule has 0 N–H and O–H groups in total. The van der Waals surface area contributed by atoms with Gasteiger partial charge < -0.3 is 26.2 Å². The van der Waals surface area contributed by atoms with Gasteiger partial charge in [0.25, 0.3) is 0 Å². The molecular weight excluding hydrogens is 594 g/mol. The maximum atomic E-state index is 12.1. The Bertz CT molecular complexity index is 708. The van der Waals surface area contributed by atoms with Crippen molar-refractivity contribution in [3.05, 3.63) is 35.9 Å². The number of quaternary nitrogens is 1. The van der Waals surface area contributed by atoms with Gasteiger partial charge >= 0.3 is 5.97 Å². The molecule has 4 heteroatoms. The third-order valence-corrected chi connectivity index (χ3v) is 9.02. The number of hydrogen-bond donors (Lipinski definition) is 0. The second-order valence-electron chi connectivity index (χ2n) is 13.7. The third kappa shape index (κ3) is 29.6. The van der Waals surface area contributed by atoms with E-state index in [2.05, 4.69) is 51.4 Å². The number of aryl methyl sites for hydroxylation is 1. The predicted molar refractivity (Wildman–Crippen MR) is 184 cm³/mol. The van der Waals surface area contributed by atoms with Crippen LogP contribution in [0.25, 0.3) is 0 Å². The molecule has 1 aromatic rings. The van der Waals surface area contributed by atoms with Crippen LogP contribution in [0.5, 0.6) is 0 Å². The SMILES string of the molecule is CCCCCCCCCCCCCC[N+](C)(C)CCOC(=O)CCCCCCCCCCCCCCc1ccccc1.[Br-]. The van der Waals surface area contributed by atoms with Crippen LogP contribution in [0, 0.1) is 0 Å². The van der Waals surface area contributed by atoms with E-state index in [0.29, 0.717) is 13.0 Å². The van der Waals surface area contributed by atoms with E-state index in [1.54, 1.807) is 0 Å². The second kappa shape index (κ2) is 31.1. The molecule has 0 aliphatic rings. The fraction of sp³-hybridized carbons (Fsp3) is 0.821. The van der Waals surface area contributed by atoms with Gasteiger partial charge in [0.05, 0.1) is 20.6 Å². The summed E-state index contributed by atoms with van der Waals surface area (Å²) in [5.41, 5.74) is 1.48. The third-order valence-electron chi connectivity index (χ3n) is 9.02. The molecule has 43 heavy (non-hydrogen) atoms. The molecule has 0 saturated heterocycles. The first-order valence-electron chi connectivity index (χ1n) is 18.5. The first-order valence-corrected chi connectivity index (χ1v) is 18.5. The topological polar surface area (TPSA) is 26.3 Å². The van der Waals surface area contributed by atoms with Gasteiger partial charge in [-0.05, 0) is 37.7 Å². The summed E-state index contributed by atoms with van der Waals surface area (Å²) in [5.74, 6) is 0.00383. The summed E-state index contributed by atoms with van der Waals surface area (Å²) in [6, 6.07) is 10.9. The fourth-order valence-corrected chi connectivity index (χ4v) is 5.98. The van der Waals surface area contributed by atoms with Gasteiger partial charge in [0, 0.05) is 6.42 Å². The van der Waals surface area contributed by atoms with Crippen molar-refractivity contribution in [1.82, 2.24) is 0 Å². The largest absolute Gasteiger partial charge is 1.00 e. The number of halogens is 1. The van der Waals surface area contributed by atoms with Crippen LogP contribution in [0.15, 0.2) is 30.3 Å². The normalized spacial score (nSPS) is 11.4. The number of carbonyl (C=O) groups excluding carboxylic acids is 1. The Balaban J connectivity index is 0.0000176. The lowest BCUT2D eigenvalue weighted by atomic mass is 10.0. The quantitative estimate of drug-likeness (QED) is 0.0451. The van der Waals surface area contributed by atoms with E-state index in [1.807, 2.05) is 0 Å². The molecule has 0 radical (unpaired) electrons. The van der Waals surface area contributed by atoms with E-state index in [4.69, 9.17) is 4.74 Å². The maximum absolute atomic E-state index is 12.1. The summed E-state index contributed by atoms with van der Waals surface area (Å²) >= 11 is 0. The molecule has 3 nitrogen and oxygen atoms in total. The molecule has 0 saturated carbocycles. The highest BCUT2D eigenvalue weighted by atomic mass is 79.9. The summed E-state index contributed by atoms with van der Waals surface area (Å²) in [7, 11) is 4.55. The smallest absolute Gasteiger partial charge is 0.305 e. The van der Waals surface area contributed by atoms with Gasteiger partial charge in [-0.2, -0.15) is 0 Å². The predicted octanol–water partition coefficient (Wildman–Crippen LogP) is 8.63. The van der Waals surface area contributed by atoms with Gasteiger partial charge in [-0.3, -0.25) is 4.79 Å². The number of carbonyl (C=O) groups is 1. The molecule has 0 heterocycles. The molecule has 0 spiro atoms. The van der Waals surface area contributed by atoms with E-state index in [1.165, 1.54) is 160 Å². The summed E-state index contributed by atoms with van der Waals surface area (Å²) in [6.07, 6.45) is 34.3. The number of rotatable bonds is 31.